The van der Waals surface area contributed by atoms with Crippen LogP contribution in [-0.2, 0) is 10.0 Å². The smallest absolute Gasteiger partial charge is 0.267 e. The third-order valence-electron chi connectivity index (χ3n) is 7.44. The van der Waals surface area contributed by atoms with E-state index in [1.54, 1.807) is 12.3 Å². The molecule has 0 radical (unpaired) electrons. The van der Waals surface area contributed by atoms with Gasteiger partial charge in [-0.15, -0.1) is 11.3 Å². The Morgan fingerprint density at radius 2 is 1.71 bits per heavy atom. The molecule has 0 amide bonds. The number of thiophene rings is 1. The normalized spacial score (nSPS) is 18.1. The standard InChI is InChI=1S/C28H22F3N5O2S3/c1-39-28-33-13-12-22(34-28)25-23(18(14-32)27(40-25)36-15-8-9-16(36)11-10-15)17-4-2-7-21(24(17)31)35-41(37,38)26-19(29)5-3-6-20(26)30/h2-7,12-13,15-16,35H,8-11H2,1H3. The number of nitriles is 1. The van der Waals surface area contributed by atoms with Gasteiger partial charge in [-0.3, -0.25) is 4.72 Å². The third kappa shape index (κ3) is 4.73. The minimum Gasteiger partial charge on any atom is -0.356 e. The van der Waals surface area contributed by atoms with E-state index in [1.807, 2.05) is 11.0 Å². The maximum Gasteiger partial charge on any atom is 0.267 e. The largest absolute Gasteiger partial charge is 0.356 e. The van der Waals surface area contributed by atoms with Gasteiger partial charge in [0.05, 0.1) is 21.8 Å². The minimum atomic E-state index is -4.83. The van der Waals surface area contributed by atoms with Gasteiger partial charge >= 0.3 is 0 Å². The summed E-state index contributed by atoms with van der Waals surface area (Å²) < 4.78 is 72.8. The molecule has 2 aromatic carbocycles. The lowest BCUT2D eigenvalue weighted by molar-refractivity contribution is 0.521. The molecular formula is C28H22F3N5O2S3. The molecule has 2 aliphatic heterocycles. The van der Waals surface area contributed by atoms with Crippen LogP contribution in [0.4, 0.5) is 23.9 Å². The number of hydrogen-bond donors (Lipinski definition) is 1. The fourth-order valence-corrected chi connectivity index (χ4v) is 8.62. The summed E-state index contributed by atoms with van der Waals surface area (Å²) in [6.07, 6.45) is 7.48. The summed E-state index contributed by atoms with van der Waals surface area (Å²) in [6, 6.07) is 11.2. The Morgan fingerprint density at radius 3 is 2.34 bits per heavy atom. The lowest BCUT2D eigenvalue weighted by Gasteiger charge is -2.23. The molecule has 2 aromatic heterocycles. The predicted molar refractivity (Wildman–Crippen MR) is 153 cm³/mol. The molecule has 0 unspecified atom stereocenters. The summed E-state index contributed by atoms with van der Waals surface area (Å²) in [4.78, 5) is 10.4. The number of anilines is 2. The number of halogens is 3. The van der Waals surface area contributed by atoms with Gasteiger partial charge in [0.25, 0.3) is 10.0 Å². The fraction of sp³-hybridized carbons (Fsp3) is 0.250. The van der Waals surface area contributed by atoms with E-state index in [1.165, 1.54) is 35.2 Å². The van der Waals surface area contributed by atoms with E-state index in [2.05, 4.69) is 20.9 Å². The Balaban J connectivity index is 1.53. The number of nitrogens with zero attached hydrogens (tertiary/aromatic N) is 4. The van der Waals surface area contributed by atoms with Gasteiger partial charge in [0.2, 0.25) is 0 Å². The second-order valence-corrected chi connectivity index (χ2v) is 13.1. The summed E-state index contributed by atoms with van der Waals surface area (Å²) >= 11 is 2.69. The SMILES string of the molecule is CSc1nccc(-c2sc(N3C4CCC3CC4)c(C#N)c2-c2cccc(NS(=O)(=O)c3c(F)cccc3F)c2F)n1. The number of fused-ring (bicyclic) bond motifs is 2. The molecule has 2 saturated heterocycles. The predicted octanol–water partition coefficient (Wildman–Crippen LogP) is 6.81. The molecule has 13 heteroatoms. The van der Waals surface area contributed by atoms with Crippen molar-refractivity contribution in [1.29, 1.82) is 5.26 Å². The summed E-state index contributed by atoms with van der Waals surface area (Å²) in [5.41, 5.74) is 0.496. The van der Waals surface area contributed by atoms with E-state index in [0.29, 0.717) is 15.7 Å². The molecule has 7 nitrogen and oxygen atoms in total. The molecular weight excluding hydrogens is 592 g/mol. The highest BCUT2D eigenvalue weighted by molar-refractivity contribution is 7.98. The first-order valence-corrected chi connectivity index (χ1v) is 16.2. The second kappa shape index (κ2) is 10.7. The number of benzene rings is 2. The zero-order valence-electron chi connectivity index (χ0n) is 21.6. The van der Waals surface area contributed by atoms with Crippen molar-refractivity contribution >= 4 is 43.8 Å². The van der Waals surface area contributed by atoms with Gasteiger partial charge in [0.15, 0.2) is 15.9 Å². The molecule has 0 aliphatic carbocycles. The van der Waals surface area contributed by atoms with Crippen LogP contribution in [0.1, 0.15) is 31.2 Å². The summed E-state index contributed by atoms with van der Waals surface area (Å²) in [5, 5.41) is 11.6. The lowest BCUT2D eigenvalue weighted by atomic mass is 9.99. The van der Waals surface area contributed by atoms with Gasteiger partial charge in [-0.25, -0.2) is 31.6 Å². The Bertz CT molecular complexity index is 1780. The highest BCUT2D eigenvalue weighted by Gasteiger charge is 2.42. The van der Waals surface area contributed by atoms with Crippen LogP contribution < -0.4 is 9.62 Å². The van der Waals surface area contributed by atoms with Gasteiger partial charge in [-0.05, 0) is 56.2 Å². The van der Waals surface area contributed by atoms with E-state index in [4.69, 9.17) is 0 Å². The van der Waals surface area contributed by atoms with Crippen molar-refractivity contribution in [2.75, 3.05) is 15.9 Å². The minimum absolute atomic E-state index is 0.0379. The van der Waals surface area contributed by atoms with E-state index in [0.717, 1.165) is 54.9 Å². The first kappa shape index (κ1) is 27.6. The Labute approximate surface area is 243 Å². The van der Waals surface area contributed by atoms with Crippen LogP contribution in [0.3, 0.4) is 0 Å². The van der Waals surface area contributed by atoms with Crippen molar-refractivity contribution in [3.63, 3.8) is 0 Å². The van der Waals surface area contributed by atoms with E-state index < -0.39 is 38.1 Å². The average molecular weight is 614 g/mol. The van der Waals surface area contributed by atoms with Crippen molar-refractivity contribution in [2.24, 2.45) is 0 Å². The number of sulfonamides is 1. The van der Waals surface area contributed by atoms with Gasteiger partial charge in [-0.1, -0.05) is 30.0 Å². The van der Waals surface area contributed by atoms with Gasteiger partial charge in [-0.2, -0.15) is 5.26 Å². The van der Waals surface area contributed by atoms with Crippen LogP contribution in [0.25, 0.3) is 21.7 Å². The van der Waals surface area contributed by atoms with Gasteiger partial charge in [0.1, 0.15) is 22.7 Å². The molecule has 0 saturated carbocycles. The molecule has 2 aliphatic rings. The molecule has 4 heterocycles. The van der Waals surface area contributed by atoms with Crippen LogP contribution in [0, 0.1) is 28.8 Å². The third-order valence-corrected chi connectivity index (χ3v) is 10.6. The highest BCUT2D eigenvalue weighted by Crippen LogP contribution is 2.52. The van der Waals surface area contributed by atoms with E-state index >= 15 is 4.39 Å². The van der Waals surface area contributed by atoms with Crippen molar-refractivity contribution in [3.05, 3.63) is 71.7 Å². The quantitative estimate of drug-likeness (QED) is 0.181. The summed E-state index contributed by atoms with van der Waals surface area (Å²) in [7, 11) is -4.83. The first-order chi connectivity index (χ1) is 19.7. The molecule has 1 N–H and O–H groups in total. The van der Waals surface area contributed by atoms with E-state index in [9.17, 15) is 22.5 Å². The summed E-state index contributed by atoms with van der Waals surface area (Å²) in [6.45, 7) is 0. The topological polar surface area (TPSA) is 99.0 Å². The van der Waals surface area contributed by atoms with Crippen LogP contribution in [0.5, 0.6) is 0 Å². The molecule has 4 aromatic rings. The van der Waals surface area contributed by atoms with Gasteiger partial charge in [0, 0.05) is 29.4 Å². The number of aromatic nitrogens is 2. The number of hydrogen-bond acceptors (Lipinski definition) is 8. The lowest BCUT2D eigenvalue weighted by Crippen LogP contribution is -2.27. The fourth-order valence-electron chi connectivity index (χ4n) is 5.69. The molecule has 0 spiro atoms. The van der Waals surface area contributed by atoms with Crippen LogP contribution >= 0.6 is 23.1 Å². The second-order valence-electron chi connectivity index (χ2n) is 9.72. The number of thioether (sulfide) groups is 1. The van der Waals surface area contributed by atoms with Crippen molar-refractivity contribution in [3.8, 4) is 27.8 Å². The Hall–Kier alpha value is -3.60. The molecule has 41 heavy (non-hydrogen) atoms. The number of nitrogens with one attached hydrogen (secondary N) is 1. The molecule has 2 fully saturated rings. The van der Waals surface area contributed by atoms with Crippen molar-refractivity contribution in [2.45, 2.75) is 47.8 Å². The summed E-state index contributed by atoms with van der Waals surface area (Å²) in [5.74, 6) is -3.60. The Morgan fingerprint density at radius 1 is 1.05 bits per heavy atom. The number of rotatable bonds is 7. The van der Waals surface area contributed by atoms with Crippen LogP contribution in [-0.4, -0.2) is 36.7 Å². The van der Waals surface area contributed by atoms with Gasteiger partial charge < -0.3 is 4.90 Å². The van der Waals surface area contributed by atoms with E-state index in [-0.39, 0.29) is 28.8 Å². The Kier molecular flexibility index (Phi) is 7.17. The zero-order valence-corrected chi connectivity index (χ0v) is 24.0. The maximum atomic E-state index is 16.2. The molecule has 0 atom stereocenters. The molecule has 6 rings (SSSR count). The van der Waals surface area contributed by atoms with Crippen LogP contribution in [0.15, 0.2) is 58.7 Å². The van der Waals surface area contributed by atoms with Crippen LogP contribution in [0.2, 0.25) is 0 Å². The monoisotopic (exact) mass is 613 g/mol. The zero-order chi connectivity index (χ0) is 28.9. The molecule has 2 bridgehead atoms. The van der Waals surface area contributed by atoms with Crippen molar-refractivity contribution in [1.82, 2.24) is 9.97 Å². The maximum absolute atomic E-state index is 16.2. The van der Waals surface area contributed by atoms with Crippen molar-refractivity contribution < 1.29 is 21.6 Å². The molecule has 210 valence electrons. The first-order valence-electron chi connectivity index (χ1n) is 12.7. The average Bonchev–Trinajstić information content (AvgIpc) is 3.66. The highest BCUT2D eigenvalue weighted by atomic mass is 32.2.